The van der Waals surface area contributed by atoms with Gasteiger partial charge in [0.25, 0.3) is 0 Å². The fraction of sp³-hybridized carbons (Fsp3) is 0.333. The summed E-state index contributed by atoms with van der Waals surface area (Å²) in [4.78, 5) is 2.32. The van der Waals surface area contributed by atoms with Gasteiger partial charge in [0.1, 0.15) is 0 Å². The van der Waals surface area contributed by atoms with Gasteiger partial charge < -0.3 is 9.84 Å². The maximum Gasteiger partial charge on any atom is 0.0986 e. The highest BCUT2D eigenvalue weighted by Crippen LogP contribution is 2.34. The lowest BCUT2D eigenvalue weighted by atomic mass is 9.94. The van der Waals surface area contributed by atoms with Gasteiger partial charge in [0, 0.05) is 13.1 Å². The molecule has 0 spiro atoms. The normalized spacial score (nSPS) is 19.1. The first-order valence-electron chi connectivity index (χ1n) is 7.46. The van der Waals surface area contributed by atoms with Gasteiger partial charge in [0.15, 0.2) is 0 Å². The summed E-state index contributed by atoms with van der Waals surface area (Å²) in [5, 5.41) is 10.9. The molecule has 3 nitrogen and oxygen atoms in total. The Morgan fingerprint density at radius 2 is 1.33 bits per heavy atom. The SMILES string of the molecule is O[C@H](c1ccccc1)[C@H](c1ccccc1)N1CCOCC1. The maximum atomic E-state index is 10.9. The summed E-state index contributed by atoms with van der Waals surface area (Å²) < 4.78 is 5.45. The first-order chi connectivity index (χ1) is 10.4. The van der Waals surface area contributed by atoms with E-state index in [1.54, 1.807) is 0 Å². The van der Waals surface area contributed by atoms with Gasteiger partial charge in [-0.05, 0) is 11.1 Å². The van der Waals surface area contributed by atoms with Gasteiger partial charge >= 0.3 is 0 Å². The van der Waals surface area contributed by atoms with Crippen LogP contribution < -0.4 is 0 Å². The molecule has 1 N–H and O–H groups in total. The van der Waals surface area contributed by atoms with Crippen LogP contribution in [0.25, 0.3) is 0 Å². The van der Waals surface area contributed by atoms with Gasteiger partial charge in [-0.25, -0.2) is 0 Å². The second-order valence-electron chi connectivity index (χ2n) is 5.36. The molecule has 0 unspecified atom stereocenters. The van der Waals surface area contributed by atoms with E-state index in [-0.39, 0.29) is 6.04 Å². The topological polar surface area (TPSA) is 32.7 Å². The van der Waals surface area contributed by atoms with Crippen LogP contribution in [0.4, 0.5) is 0 Å². The summed E-state index contributed by atoms with van der Waals surface area (Å²) in [7, 11) is 0. The van der Waals surface area contributed by atoms with E-state index in [2.05, 4.69) is 17.0 Å². The van der Waals surface area contributed by atoms with Crippen molar-refractivity contribution in [1.82, 2.24) is 4.90 Å². The average Bonchev–Trinajstić information content (AvgIpc) is 2.58. The number of ether oxygens (including phenoxy) is 1. The zero-order chi connectivity index (χ0) is 14.5. The van der Waals surface area contributed by atoms with Crippen molar-refractivity contribution in [3.05, 3.63) is 71.8 Å². The lowest BCUT2D eigenvalue weighted by Crippen LogP contribution is -2.41. The summed E-state index contributed by atoms with van der Waals surface area (Å²) in [6, 6.07) is 20.1. The monoisotopic (exact) mass is 283 g/mol. The molecule has 1 heterocycles. The molecule has 1 aliphatic rings. The predicted octanol–water partition coefficient (Wildman–Crippen LogP) is 2.79. The smallest absolute Gasteiger partial charge is 0.0986 e. The van der Waals surface area contributed by atoms with E-state index in [1.807, 2.05) is 48.5 Å². The molecule has 2 atom stereocenters. The Morgan fingerprint density at radius 1 is 0.810 bits per heavy atom. The standard InChI is InChI=1S/C18H21NO2/c20-18(16-9-5-2-6-10-16)17(15-7-3-1-4-8-15)19-11-13-21-14-12-19/h1-10,17-18,20H,11-14H2/t17-,18+/m0/s1. The van der Waals surface area contributed by atoms with Crippen molar-refractivity contribution >= 4 is 0 Å². The Morgan fingerprint density at radius 3 is 1.90 bits per heavy atom. The van der Waals surface area contributed by atoms with Crippen LogP contribution >= 0.6 is 0 Å². The fourth-order valence-corrected chi connectivity index (χ4v) is 2.93. The Bertz CT molecular complexity index is 538. The first-order valence-corrected chi connectivity index (χ1v) is 7.46. The molecule has 1 aliphatic heterocycles. The Hall–Kier alpha value is -1.68. The largest absolute Gasteiger partial charge is 0.386 e. The predicted molar refractivity (Wildman–Crippen MR) is 83.0 cm³/mol. The lowest BCUT2D eigenvalue weighted by molar-refractivity contribution is -0.0238. The van der Waals surface area contributed by atoms with E-state index in [0.717, 1.165) is 37.4 Å². The number of aliphatic hydroxyl groups is 1. The Kier molecular flexibility index (Phi) is 4.65. The summed E-state index contributed by atoms with van der Waals surface area (Å²) in [5.74, 6) is 0. The molecule has 0 radical (unpaired) electrons. The van der Waals surface area contributed by atoms with Gasteiger partial charge in [0.05, 0.1) is 25.4 Å². The average molecular weight is 283 g/mol. The molecule has 0 saturated carbocycles. The van der Waals surface area contributed by atoms with E-state index < -0.39 is 6.10 Å². The fourth-order valence-electron chi connectivity index (χ4n) is 2.93. The van der Waals surface area contributed by atoms with Crippen LogP contribution in [0, 0.1) is 0 Å². The van der Waals surface area contributed by atoms with Crippen molar-refractivity contribution in [3.8, 4) is 0 Å². The van der Waals surface area contributed by atoms with E-state index in [9.17, 15) is 5.11 Å². The Balaban J connectivity index is 1.92. The van der Waals surface area contributed by atoms with Crippen molar-refractivity contribution in [2.75, 3.05) is 26.3 Å². The third kappa shape index (κ3) is 3.32. The third-order valence-corrected chi connectivity index (χ3v) is 4.02. The Labute approximate surface area is 125 Å². The second kappa shape index (κ2) is 6.85. The highest BCUT2D eigenvalue weighted by Gasteiger charge is 2.29. The number of rotatable bonds is 4. The zero-order valence-electron chi connectivity index (χ0n) is 12.1. The van der Waals surface area contributed by atoms with Crippen LogP contribution in [0.15, 0.2) is 60.7 Å². The molecular weight excluding hydrogens is 262 g/mol. The number of morpholine rings is 1. The van der Waals surface area contributed by atoms with Crippen molar-refractivity contribution in [2.24, 2.45) is 0 Å². The van der Waals surface area contributed by atoms with E-state index in [4.69, 9.17) is 4.74 Å². The van der Waals surface area contributed by atoms with Gasteiger partial charge in [-0.15, -0.1) is 0 Å². The number of aliphatic hydroxyl groups excluding tert-OH is 1. The van der Waals surface area contributed by atoms with Crippen LogP contribution in [-0.2, 0) is 4.74 Å². The minimum absolute atomic E-state index is 0.0301. The number of nitrogens with zero attached hydrogens (tertiary/aromatic N) is 1. The van der Waals surface area contributed by atoms with Gasteiger partial charge in [0.2, 0.25) is 0 Å². The summed E-state index contributed by atoms with van der Waals surface area (Å²) in [6.07, 6.45) is -0.535. The molecule has 110 valence electrons. The molecule has 1 fully saturated rings. The second-order valence-corrected chi connectivity index (χ2v) is 5.36. The van der Waals surface area contributed by atoms with Gasteiger partial charge in [-0.3, -0.25) is 4.90 Å². The molecule has 1 saturated heterocycles. The molecule has 2 aromatic carbocycles. The highest BCUT2D eigenvalue weighted by molar-refractivity contribution is 5.26. The number of benzene rings is 2. The molecule has 0 amide bonds. The molecular formula is C18H21NO2. The van der Waals surface area contributed by atoms with Crippen LogP contribution in [0.5, 0.6) is 0 Å². The molecule has 0 aromatic heterocycles. The van der Waals surface area contributed by atoms with Crippen LogP contribution in [0.3, 0.4) is 0 Å². The molecule has 2 aromatic rings. The summed E-state index contributed by atoms with van der Waals surface area (Å²) >= 11 is 0. The van der Waals surface area contributed by atoms with Gasteiger partial charge in [-0.2, -0.15) is 0 Å². The minimum atomic E-state index is -0.535. The van der Waals surface area contributed by atoms with Crippen molar-refractivity contribution in [2.45, 2.75) is 12.1 Å². The van der Waals surface area contributed by atoms with Crippen molar-refractivity contribution in [3.63, 3.8) is 0 Å². The minimum Gasteiger partial charge on any atom is -0.386 e. The molecule has 0 bridgehead atoms. The quantitative estimate of drug-likeness (QED) is 0.936. The van der Waals surface area contributed by atoms with E-state index in [1.165, 1.54) is 0 Å². The first kappa shape index (κ1) is 14.3. The number of hydrogen-bond donors (Lipinski definition) is 1. The van der Waals surface area contributed by atoms with Crippen molar-refractivity contribution < 1.29 is 9.84 Å². The van der Waals surface area contributed by atoms with E-state index in [0.29, 0.717) is 0 Å². The van der Waals surface area contributed by atoms with E-state index >= 15 is 0 Å². The summed E-state index contributed by atoms with van der Waals surface area (Å²) in [5.41, 5.74) is 2.11. The zero-order valence-corrected chi connectivity index (χ0v) is 12.1. The van der Waals surface area contributed by atoms with Crippen LogP contribution in [0.1, 0.15) is 23.3 Å². The van der Waals surface area contributed by atoms with Crippen LogP contribution in [0.2, 0.25) is 0 Å². The molecule has 21 heavy (non-hydrogen) atoms. The third-order valence-electron chi connectivity index (χ3n) is 4.02. The number of hydrogen-bond acceptors (Lipinski definition) is 3. The van der Waals surface area contributed by atoms with Crippen LogP contribution in [-0.4, -0.2) is 36.3 Å². The molecule has 3 rings (SSSR count). The molecule has 3 heteroatoms. The van der Waals surface area contributed by atoms with Crippen molar-refractivity contribution in [1.29, 1.82) is 0 Å². The van der Waals surface area contributed by atoms with Gasteiger partial charge in [-0.1, -0.05) is 60.7 Å². The lowest BCUT2D eigenvalue weighted by Gasteiger charge is -2.37. The highest BCUT2D eigenvalue weighted by atomic mass is 16.5. The maximum absolute atomic E-state index is 10.9. The molecule has 0 aliphatic carbocycles. The summed E-state index contributed by atoms with van der Waals surface area (Å²) in [6.45, 7) is 3.16.